The molecule has 0 N–H and O–H groups in total. The number of nitriles is 1. The fourth-order valence-corrected chi connectivity index (χ4v) is 2.58. The van der Waals surface area contributed by atoms with E-state index >= 15 is 0 Å². The number of nitrogens with zero attached hydrogens (tertiary/aromatic N) is 2. The quantitative estimate of drug-likeness (QED) is 0.785. The topological polar surface area (TPSA) is 36.7 Å². The van der Waals surface area contributed by atoms with E-state index in [1.807, 2.05) is 24.3 Å². The molecule has 0 bridgehead atoms. The lowest BCUT2D eigenvalue weighted by Crippen LogP contribution is -1.81. The second kappa shape index (κ2) is 3.73. The highest BCUT2D eigenvalue weighted by Crippen LogP contribution is 2.41. The van der Waals surface area contributed by atoms with Crippen LogP contribution in [0.2, 0.25) is 0 Å². The molecule has 3 heteroatoms. The van der Waals surface area contributed by atoms with Crippen LogP contribution in [0.4, 0.5) is 0 Å². The predicted molar refractivity (Wildman–Crippen MR) is 64.2 cm³/mol. The molecule has 3 rings (SSSR count). The maximum Gasteiger partial charge on any atom is 0.123 e. The molecule has 1 saturated carbocycles. The summed E-state index contributed by atoms with van der Waals surface area (Å²) in [5, 5.41) is 11.9. The summed E-state index contributed by atoms with van der Waals surface area (Å²) in [7, 11) is 0. The van der Waals surface area contributed by atoms with Crippen LogP contribution >= 0.6 is 11.3 Å². The summed E-state index contributed by atoms with van der Waals surface area (Å²) >= 11 is 1.69. The van der Waals surface area contributed by atoms with Crippen LogP contribution in [0.5, 0.6) is 0 Å². The van der Waals surface area contributed by atoms with Gasteiger partial charge < -0.3 is 0 Å². The van der Waals surface area contributed by atoms with E-state index in [1.165, 1.54) is 18.5 Å². The summed E-state index contributed by atoms with van der Waals surface area (Å²) in [6.45, 7) is 0. The van der Waals surface area contributed by atoms with E-state index in [0.717, 1.165) is 10.6 Å². The lowest BCUT2D eigenvalue weighted by atomic mass is 10.1. The van der Waals surface area contributed by atoms with Crippen molar-refractivity contribution in [3.63, 3.8) is 0 Å². The molecule has 1 aliphatic carbocycles. The van der Waals surface area contributed by atoms with Gasteiger partial charge in [0.1, 0.15) is 5.01 Å². The summed E-state index contributed by atoms with van der Waals surface area (Å²) in [5.74, 6) is 0.711. The molecule has 0 spiro atoms. The zero-order chi connectivity index (χ0) is 11.0. The van der Waals surface area contributed by atoms with Crippen LogP contribution in [0.3, 0.4) is 0 Å². The number of hydrogen-bond donors (Lipinski definition) is 0. The van der Waals surface area contributed by atoms with Crippen molar-refractivity contribution in [1.82, 2.24) is 4.98 Å². The molecule has 16 heavy (non-hydrogen) atoms. The minimum absolute atomic E-state index is 0.697. The molecule has 78 valence electrons. The first-order chi connectivity index (χ1) is 7.86. The van der Waals surface area contributed by atoms with Crippen molar-refractivity contribution in [3.05, 3.63) is 40.9 Å². The monoisotopic (exact) mass is 226 g/mol. The van der Waals surface area contributed by atoms with E-state index in [9.17, 15) is 0 Å². The van der Waals surface area contributed by atoms with Crippen LogP contribution in [0.25, 0.3) is 10.6 Å². The molecule has 0 radical (unpaired) electrons. The van der Waals surface area contributed by atoms with Gasteiger partial charge >= 0.3 is 0 Å². The Morgan fingerprint density at radius 3 is 2.62 bits per heavy atom. The van der Waals surface area contributed by atoms with Crippen molar-refractivity contribution in [2.75, 3.05) is 0 Å². The highest BCUT2D eigenvalue weighted by Gasteiger charge is 2.26. The van der Waals surface area contributed by atoms with Gasteiger partial charge in [0.15, 0.2) is 0 Å². The van der Waals surface area contributed by atoms with E-state index in [-0.39, 0.29) is 0 Å². The Bertz CT molecular complexity index is 544. The van der Waals surface area contributed by atoms with Gasteiger partial charge in [0.25, 0.3) is 0 Å². The number of thiazole rings is 1. The Morgan fingerprint density at radius 2 is 2.00 bits per heavy atom. The minimum Gasteiger partial charge on any atom is -0.241 e. The zero-order valence-electron chi connectivity index (χ0n) is 8.68. The summed E-state index contributed by atoms with van der Waals surface area (Å²) in [6, 6.07) is 9.74. The van der Waals surface area contributed by atoms with Crippen LogP contribution in [-0.4, -0.2) is 4.98 Å². The Morgan fingerprint density at radius 1 is 1.25 bits per heavy atom. The third kappa shape index (κ3) is 1.72. The molecule has 0 amide bonds. The first kappa shape index (κ1) is 9.56. The molecule has 1 aliphatic rings. The van der Waals surface area contributed by atoms with Crippen LogP contribution in [-0.2, 0) is 0 Å². The molecule has 1 aromatic heterocycles. The zero-order valence-corrected chi connectivity index (χ0v) is 9.50. The lowest BCUT2D eigenvalue weighted by Gasteiger charge is -1.95. The van der Waals surface area contributed by atoms with Gasteiger partial charge in [-0.1, -0.05) is 12.1 Å². The smallest absolute Gasteiger partial charge is 0.123 e. The molecular formula is C13H10N2S. The molecule has 0 atom stereocenters. The number of hydrogen-bond acceptors (Lipinski definition) is 3. The Hall–Kier alpha value is -1.66. The number of aromatic nitrogens is 1. The SMILES string of the molecule is N#Cc1ccc(-c2nc(C3CC3)cs2)cc1. The number of benzene rings is 1. The lowest BCUT2D eigenvalue weighted by molar-refractivity contribution is 1.05. The first-order valence-corrected chi connectivity index (χ1v) is 6.21. The highest BCUT2D eigenvalue weighted by molar-refractivity contribution is 7.13. The first-order valence-electron chi connectivity index (χ1n) is 5.33. The summed E-state index contributed by atoms with van der Waals surface area (Å²) in [6.07, 6.45) is 2.58. The van der Waals surface area contributed by atoms with Crippen molar-refractivity contribution in [3.8, 4) is 16.6 Å². The average Bonchev–Trinajstić information content (AvgIpc) is 3.08. The molecular weight excluding hydrogens is 216 g/mol. The van der Waals surface area contributed by atoms with E-state index in [1.54, 1.807) is 11.3 Å². The predicted octanol–water partition coefficient (Wildman–Crippen LogP) is 3.56. The van der Waals surface area contributed by atoms with E-state index in [0.29, 0.717) is 11.5 Å². The molecule has 2 aromatic rings. The third-order valence-electron chi connectivity index (χ3n) is 2.78. The third-order valence-corrected chi connectivity index (χ3v) is 3.69. The van der Waals surface area contributed by atoms with Crippen LogP contribution < -0.4 is 0 Å². The normalized spacial score (nSPS) is 14.7. The average molecular weight is 226 g/mol. The Kier molecular flexibility index (Phi) is 2.23. The van der Waals surface area contributed by atoms with Crippen LogP contribution in [0.15, 0.2) is 29.6 Å². The van der Waals surface area contributed by atoms with E-state index in [4.69, 9.17) is 5.26 Å². The molecule has 0 unspecified atom stereocenters. The van der Waals surface area contributed by atoms with Crippen molar-refractivity contribution in [1.29, 1.82) is 5.26 Å². The summed E-state index contributed by atoms with van der Waals surface area (Å²) in [5.41, 5.74) is 3.04. The Labute approximate surface area is 98.2 Å². The van der Waals surface area contributed by atoms with Gasteiger partial charge in [-0.2, -0.15) is 5.26 Å². The van der Waals surface area contributed by atoms with Gasteiger partial charge in [-0.25, -0.2) is 4.98 Å². The van der Waals surface area contributed by atoms with Crippen molar-refractivity contribution >= 4 is 11.3 Å². The van der Waals surface area contributed by atoms with Gasteiger partial charge in [-0.15, -0.1) is 11.3 Å². The van der Waals surface area contributed by atoms with Gasteiger partial charge in [0, 0.05) is 16.9 Å². The second-order valence-electron chi connectivity index (χ2n) is 4.04. The van der Waals surface area contributed by atoms with E-state index in [2.05, 4.69) is 16.4 Å². The molecule has 1 fully saturated rings. The maximum atomic E-state index is 8.72. The molecule has 1 aromatic carbocycles. The summed E-state index contributed by atoms with van der Waals surface area (Å²) < 4.78 is 0. The van der Waals surface area contributed by atoms with Gasteiger partial charge in [0.2, 0.25) is 0 Å². The van der Waals surface area contributed by atoms with Crippen molar-refractivity contribution in [2.24, 2.45) is 0 Å². The maximum absolute atomic E-state index is 8.72. The Balaban J connectivity index is 1.92. The molecule has 1 heterocycles. The molecule has 0 saturated heterocycles. The fourth-order valence-electron chi connectivity index (χ4n) is 1.67. The number of rotatable bonds is 2. The minimum atomic E-state index is 0.697. The highest BCUT2D eigenvalue weighted by atomic mass is 32.1. The fraction of sp³-hybridized carbons (Fsp3) is 0.231. The largest absolute Gasteiger partial charge is 0.241 e. The van der Waals surface area contributed by atoms with Crippen LogP contribution in [0, 0.1) is 11.3 Å². The van der Waals surface area contributed by atoms with Gasteiger partial charge in [-0.3, -0.25) is 0 Å². The standard InChI is InChI=1S/C13H10N2S/c14-7-9-1-3-11(4-2-9)13-15-12(8-16-13)10-5-6-10/h1-4,8,10H,5-6H2. The van der Waals surface area contributed by atoms with Crippen molar-refractivity contribution in [2.45, 2.75) is 18.8 Å². The van der Waals surface area contributed by atoms with Gasteiger partial charge in [0.05, 0.1) is 17.3 Å². The molecule has 0 aliphatic heterocycles. The van der Waals surface area contributed by atoms with E-state index < -0.39 is 0 Å². The second-order valence-corrected chi connectivity index (χ2v) is 4.90. The summed E-state index contributed by atoms with van der Waals surface area (Å²) in [4.78, 5) is 4.63. The van der Waals surface area contributed by atoms with Gasteiger partial charge in [-0.05, 0) is 25.0 Å². The van der Waals surface area contributed by atoms with Crippen LogP contribution in [0.1, 0.15) is 30.0 Å². The molecule has 2 nitrogen and oxygen atoms in total. The van der Waals surface area contributed by atoms with Crippen molar-refractivity contribution < 1.29 is 0 Å².